The van der Waals surface area contributed by atoms with Gasteiger partial charge in [0.25, 0.3) is 5.72 Å². The smallest absolute Gasteiger partial charge is 0.363 e. The Balaban J connectivity index is 2.06. The molecule has 2 aromatic rings. The summed E-state index contributed by atoms with van der Waals surface area (Å²) in [4.78, 5) is 29.2. The van der Waals surface area contributed by atoms with Gasteiger partial charge in [0, 0.05) is 11.8 Å². The number of nitrogens with two attached hydrogens (primary N) is 1. The van der Waals surface area contributed by atoms with Crippen LogP contribution in [0.4, 0.5) is 5.82 Å². The molecule has 0 unspecified atom stereocenters. The molecule has 2 heterocycles. The van der Waals surface area contributed by atoms with Crippen LogP contribution in [0.2, 0.25) is 0 Å². The minimum absolute atomic E-state index is 0.0925. The van der Waals surface area contributed by atoms with Gasteiger partial charge in [-0.3, -0.25) is 4.57 Å². The third kappa shape index (κ3) is 3.19. The quantitative estimate of drug-likeness (QED) is 0.610. The lowest BCUT2D eigenvalue weighted by molar-refractivity contribution is -0.201. The SMILES string of the molecule is C=Cc1cn([C@]2(C(=O)OCc3ccccc3)O[C@H](C)[C@@H](O)[C@H]2O)c(=O)nc1N. The minimum Gasteiger partial charge on any atom is -0.457 e. The Morgan fingerprint density at radius 1 is 1.43 bits per heavy atom. The maximum atomic E-state index is 13.0. The Hall–Kier alpha value is -3.01. The maximum Gasteiger partial charge on any atom is 0.363 e. The topological polar surface area (TPSA) is 137 Å². The number of nitrogen functional groups attached to an aromatic ring is 1. The van der Waals surface area contributed by atoms with Gasteiger partial charge in [0.2, 0.25) is 0 Å². The molecule has 1 aliphatic heterocycles. The Morgan fingerprint density at radius 3 is 2.68 bits per heavy atom. The second-order valence-corrected chi connectivity index (χ2v) is 6.45. The summed E-state index contributed by atoms with van der Waals surface area (Å²) < 4.78 is 11.7. The number of esters is 1. The molecule has 0 amide bonds. The monoisotopic (exact) mass is 387 g/mol. The van der Waals surface area contributed by atoms with Crippen LogP contribution < -0.4 is 11.4 Å². The number of rotatable bonds is 5. The maximum absolute atomic E-state index is 13.0. The van der Waals surface area contributed by atoms with Gasteiger partial charge in [-0.05, 0) is 12.5 Å². The predicted molar refractivity (Wildman–Crippen MR) is 99.8 cm³/mol. The van der Waals surface area contributed by atoms with Gasteiger partial charge in [0.05, 0.1) is 6.10 Å². The van der Waals surface area contributed by atoms with E-state index >= 15 is 0 Å². The number of hydrogen-bond donors (Lipinski definition) is 3. The number of hydrogen-bond acceptors (Lipinski definition) is 8. The molecule has 4 N–H and O–H groups in total. The number of aliphatic hydroxyl groups is 2. The first-order valence-electron chi connectivity index (χ1n) is 8.58. The lowest BCUT2D eigenvalue weighted by Gasteiger charge is -2.31. The fourth-order valence-electron chi connectivity index (χ4n) is 3.08. The van der Waals surface area contributed by atoms with Crippen LogP contribution in [-0.4, -0.2) is 44.0 Å². The zero-order chi connectivity index (χ0) is 20.5. The van der Waals surface area contributed by atoms with Gasteiger partial charge in [-0.2, -0.15) is 4.98 Å². The largest absolute Gasteiger partial charge is 0.457 e. The van der Waals surface area contributed by atoms with E-state index in [0.29, 0.717) is 5.56 Å². The summed E-state index contributed by atoms with van der Waals surface area (Å²) in [6, 6.07) is 8.85. The van der Waals surface area contributed by atoms with Gasteiger partial charge in [0.1, 0.15) is 24.6 Å². The van der Waals surface area contributed by atoms with E-state index < -0.39 is 35.7 Å². The number of carbonyl (C=O) groups is 1. The van der Waals surface area contributed by atoms with Crippen LogP contribution >= 0.6 is 0 Å². The lowest BCUT2D eigenvalue weighted by atomic mass is 10.0. The van der Waals surface area contributed by atoms with Gasteiger partial charge >= 0.3 is 11.7 Å². The molecule has 0 radical (unpaired) electrons. The van der Waals surface area contributed by atoms with Gasteiger partial charge in [-0.25, -0.2) is 9.59 Å². The standard InChI is InChI=1S/C19H21N3O6/c1-3-13-9-22(18(26)21-16(13)20)19(15(24)14(23)11(2)28-19)17(25)27-10-12-7-5-4-6-8-12/h3-9,11,14-15,23-24H,1,10H2,2H3,(H2,20,21,26)/t11-,14-,15-,19+/m1/s1. The molecule has 9 nitrogen and oxygen atoms in total. The summed E-state index contributed by atoms with van der Waals surface area (Å²) in [5.74, 6) is -1.14. The van der Waals surface area contributed by atoms with Crippen molar-refractivity contribution in [3.63, 3.8) is 0 Å². The molecule has 0 aliphatic carbocycles. The third-order valence-electron chi connectivity index (χ3n) is 4.64. The fraction of sp³-hybridized carbons (Fsp3) is 0.316. The number of aromatic nitrogens is 2. The molecular formula is C19H21N3O6. The molecular weight excluding hydrogens is 366 g/mol. The van der Waals surface area contributed by atoms with Crippen molar-refractivity contribution in [3.05, 3.63) is 64.7 Å². The third-order valence-corrected chi connectivity index (χ3v) is 4.64. The Labute approximate surface area is 160 Å². The van der Waals surface area contributed by atoms with Gasteiger partial charge in [-0.15, -0.1) is 0 Å². The van der Waals surface area contributed by atoms with Crippen molar-refractivity contribution in [1.82, 2.24) is 9.55 Å². The van der Waals surface area contributed by atoms with E-state index in [2.05, 4.69) is 11.6 Å². The zero-order valence-electron chi connectivity index (χ0n) is 15.2. The minimum atomic E-state index is -2.32. The summed E-state index contributed by atoms with van der Waals surface area (Å²) >= 11 is 0. The molecule has 0 saturated carbocycles. The van der Waals surface area contributed by atoms with Crippen LogP contribution in [0.15, 0.2) is 47.9 Å². The lowest BCUT2D eigenvalue weighted by Crippen LogP contribution is -2.56. The molecule has 3 rings (SSSR count). The molecule has 1 aliphatic rings. The van der Waals surface area contributed by atoms with Crippen molar-refractivity contribution in [3.8, 4) is 0 Å². The van der Waals surface area contributed by atoms with E-state index in [0.717, 1.165) is 4.57 Å². The van der Waals surface area contributed by atoms with E-state index in [9.17, 15) is 19.8 Å². The van der Waals surface area contributed by atoms with E-state index in [1.807, 2.05) is 6.07 Å². The van der Waals surface area contributed by atoms with Crippen molar-refractivity contribution < 1.29 is 24.5 Å². The van der Waals surface area contributed by atoms with Crippen molar-refractivity contribution >= 4 is 17.9 Å². The second kappa shape index (κ2) is 7.55. The molecule has 1 aromatic heterocycles. The van der Waals surface area contributed by atoms with E-state index in [1.54, 1.807) is 24.3 Å². The molecule has 1 saturated heterocycles. The Kier molecular flexibility index (Phi) is 5.32. The molecule has 1 aromatic carbocycles. The number of benzene rings is 1. The van der Waals surface area contributed by atoms with E-state index in [4.69, 9.17) is 15.2 Å². The first-order chi connectivity index (χ1) is 13.3. The van der Waals surface area contributed by atoms with Crippen LogP contribution in [0.3, 0.4) is 0 Å². The van der Waals surface area contributed by atoms with Crippen LogP contribution in [0, 0.1) is 0 Å². The normalized spacial score (nSPS) is 26.8. The summed E-state index contributed by atoms with van der Waals surface area (Å²) in [7, 11) is 0. The zero-order valence-corrected chi connectivity index (χ0v) is 15.2. The van der Waals surface area contributed by atoms with Crippen LogP contribution in [0.1, 0.15) is 18.1 Å². The number of carbonyl (C=O) groups excluding carboxylic acids is 1. The van der Waals surface area contributed by atoms with Crippen molar-refractivity contribution in [2.75, 3.05) is 5.73 Å². The van der Waals surface area contributed by atoms with Crippen molar-refractivity contribution in [1.29, 1.82) is 0 Å². The van der Waals surface area contributed by atoms with Crippen LogP contribution in [-0.2, 0) is 26.6 Å². The fourth-order valence-corrected chi connectivity index (χ4v) is 3.08. The number of anilines is 1. The Bertz CT molecular complexity index is 944. The summed E-state index contributed by atoms with van der Waals surface area (Å²) in [6.45, 7) is 4.92. The molecule has 148 valence electrons. The molecule has 4 atom stereocenters. The molecule has 0 spiro atoms. The first kappa shape index (κ1) is 19.7. The first-order valence-corrected chi connectivity index (χ1v) is 8.58. The van der Waals surface area contributed by atoms with Gasteiger partial charge < -0.3 is 25.4 Å². The highest BCUT2D eigenvalue weighted by molar-refractivity contribution is 5.79. The van der Waals surface area contributed by atoms with Crippen LogP contribution in [0.5, 0.6) is 0 Å². The summed E-state index contributed by atoms with van der Waals surface area (Å²) in [5, 5.41) is 20.8. The van der Waals surface area contributed by atoms with E-state index in [1.165, 1.54) is 19.2 Å². The molecule has 0 bridgehead atoms. The Morgan fingerprint density at radius 2 is 2.11 bits per heavy atom. The molecule has 9 heteroatoms. The van der Waals surface area contributed by atoms with Crippen molar-refractivity contribution in [2.24, 2.45) is 0 Å². The highest BCUT2D eigenvalue weighted by atomic mass is 16.6. The van der Waals surface area contributed by atoms with Gasteiger partial charge in [-0.1, -0.05) is 43.0 Å². The number of nitrogens with zero attached hydrogens (tertiary/aromatic N) is 2. The predicted octanol–water partition coefficient (Wildman–Crippen LogP) is 0.00520. The summed E-state index contributed by atoms with van der Waals surface area (Å²) in [6.07, 6.45) is -1.62. The van der Waals surface area contributed by atoms with Crippen molar-refractivity contribution in [2.45, 2.75) is 37.6 Å². The number of aliphatic hydroxyl groups excluding tert-OH is 2. The van der Waals surface area contributed by atoms with Crippen LogP contribution in [0.25, 0.3) is 6.08 Å². The molecule has 1 fully saturated rings. The second-order valence-electron chi connectivity index (χ2n) is 6.45. The van der Waals surface area contributed by atoms with E-state index in [-0.39, 0.29) is 18.0 Å². The van der Waals surface area contributed by atoms with Gasteiger partial charge in [0.15, 0.2) is 0 Å². The highest BCUT2D eigenvalue weighted by Crippen LogP contribution is 2.36. The average molecular weight is 387 g/mol. The average Bonchev–Trinajstić information content (AvgIpc) is 2.92. The molecule has 28 heavy (non-hydrogen) atoms. The number of ether oxygens (including phenoxy) is 2. The highest BCUT2D eigenvalue weighted by Gasteiger charge is 2.61. The summed E-state index contributed by atoms with van der Waals surface area (Å²) in [5.41, 5.74) is 3.36.